The van der Waals surface area contributed by atoms with Crippen molar-refractivity contribution in [3.8, 4) is 34.1 Å². The molecule has 0 unspecified atom stereocenters. The summed E-state index contributed by atoms with van der Waals surface area (Å²) in [6.45, 7) is 1.87. The number of fused-ring (bicyclic) bond motifs is 1. The molecule has 0 bridgehead atoms. The number of ether oxygens (including phenoxy) is 4. The Hall–Kier alpha value is -4.13. The number of aromatic amines is 1. The summed E-state index contributed by atoms with van der Waals surface area (Å²) in [5.74, 6) is 2.17. The van der Waals surface area contributed by atoms with E-state index >= 15 is 0 Å². The van der Waals surface area contributed by atoms with E-state index in [2.05, 4.69) is 4.98 Å². The van der Waals surface area contributed by atoms with Crippen molar-refractivity contribution in [1.82, 2.24) is 4.98 Å². The zero-order chi connectivity index (χ0) is 23.7. The van der Waals surface area contributed by atoms with Gasteiger partial charge in [-0.15, -0.1) is 0 Å². The van der Waals surface area contributed by atoms with Crippen molar-refractivity contribution >= 4 is 22.4 Å². The summed E-state index contributed by atoms with van der Waals surface area (Å²) < 4.78 is 21.6. The summed E-state index contributed by atoms with van der Waals surface area (Å²) in [6, 6.07) is 14.6. The van der Waals surface area contributed by atoms with E-state index < -0.39 is 0 Å². The van der Waals surface area contributed by atoms with Gasteiger partial charge in [0.2, 0.25) is 5.78 Å². The van der Waals surface area contributed by atoms with Gasteiger partial charge >= 0.3 is 0 Å². The average molecular weight is 447 g/mol. The smallest absolute Gasteiger partial charge is 0.209 e. The molecule has 7 nitrogen and oxygen atoms in total. The molecule has 0 radical (unpaired) electrons. The maximum atomic E-state index is 13.8. The van der Waals surface area contributed by atoms with E-state index in [0.717, 1.165) is 27.6 Å². The monoisotopic (exact) mass is 446 g/mol. The Kier molecular flexibility index (Phi) is 5.87. The molecule has 0 aliphatic rings. The third kappa shape index (κ3) is 3.82. The number of carbonyl (C=O) groups excluding carboxylic acids is 1. The van der Waals surface area contributed by atoms with Crippen LogP contribution in [-0.2, 0) is 0 Å². The molecule has 7 heteroatoms. The topological polar surface area (TPSA) is 95.8 Å². The van der Waals surface area contributed by atoms with E-state index in [1.165, 1.54) is 0 Å². The first-order valence-corrected chi connectivity index (χ1v) is 10.3. The first-order chi connectivity index (χ1) is 15.9. The molecule has 0 aliphatic heterocycles. The van der Waals surface area contributed by atoms with Crippen LogP contribution in [0.25, 0.3) is 22.0 Å². The van der Waals surface area contributed by atoms with Crippen molar-refractivity contribution in [1.29, 1.82) is 0 Å². The van der Waals surface area contributed by atoms with Crippen LogP contribution in [0.2, 0.25) is 0 Å². The number of nitrogen functional groups attached to an aromatic ring is 1. The third-order valence-electron chi connectivity index (χ3n) is 5.68. The quantitative estimate of drug-likeness (QED) is 0.307. The molecule has 33 heavy (non-hydrogen) atoms. The number of carbonyl (C=O) groups is 1. The lowest BCUT2D eigenvalue weighted by molar-refractivity contribution is 0.103. The van der Waals surface area contributed by atoms with Crippen LogP contribution < -0.4 is 24.7 Å². The number of H-pyrrole nitrogens is 1. The number of aryl methyl sites for hydroxylation is 1. The van der Waals surface area contributed by atoms with E-state index in [1.54, 1.807) is 46.6 Å². The highest BCUT2D eigenvalue weighted by Crippen LogP contribution is 2.39. The number of aromatic nitrogens is 1. The lowest BCUT2D eigenvalue weighted by Crippen LogP contribution is -2.06. The summed E-state index contributed by atoms with van der Waals surface area (Å²) in [7, 11) is 6.29. The van der Waals surface area contributed by atoms with Crippen molar-refractivity contribution in [3.63, 3.8) is 0 Å². The molecule has 4 aromatic rings. The number of hydrogen-bond donors (Lipinski definition) is 2. The molecule has 3 aromatic carbocycles. The van der Waals surface area contributed by atoms with Crippen LogP contribution in [0.4, 0.5) is 5.69 Å². The normalized spacial score (nSPS) is 10.8. The van der Waals surface area contributed by atoms with Crippen molar-refractivity contribution in [3.05, 3.63) is 65.4 Å². The Morgan fingerprint density at radius 1 is 0.848 bits per heavy atom. The fourth-order valence-electron chi connectivity index (χ4n) is 4.09. The Morgan fingerprint density at radius 3 is 2.24 bits per heavy atom. The number of hydrogen-bond acceptors (Lipinski definition) is 6. The van der Waals surface area contributed by atoms with Gasteiger partial charge in [-0.3, -0.25) is 4.79 Å². The fraction of sp³-hybridized carbons (Fsp3) is 0.192. The molecule has 0 fully saturated rings. The Balaban J connectivity index is 1.95. The van der Waals surface area contributed by atoms with Gasteiger partial charge in [0.15, 0.2) is 11.5 Å². The molecule has 170 valence electrons. The highest BCUT2D eigenvalue weighted by molar-refractivity contribution is 6.17. The van der Waals surface area contributed by atoms with Crippen molar-refractivity contribution in [2.24, 2.45) is 0 Å². The molecule has 0 amide bonds. The van der Waals surface area contributed by atoms with Crippen molar-refractivity contribution in [2.75, 3.05) is 34.2 Å². The largest absolute Gasteiger partial charge is 0.497 e. The number of methoxy groups -OCH3 is 4. The van der Waals surface area contributed by atoms with Crippen LogP contribution in [-0.4, -0.2) is 39.2 Å². The van der Waals surface area contributed by atoms with Crippen molar-refractivity contribution in [2.45, 2.75) is 6.92 Å². The molecular weight excluding hydrogens is 420 g/mol. The lowest BCUT2D eigenvalue weighted by Gasteiger charge is -2.13. The molecule has 0 spiro atoms. The summed E-state index contributed by atoms with van der Waals surface area (Å²) in [5.41, 5.74) is 10.7. The number of benzene rings is 3. The van der Waals surface area contributed by atoms with Gasteiger partial charge in [-0.05, 0) is 54.4 Å². The van der Waals surface area contributed by atoms with E-state index in [9.17, 15) is 4.79 Å². The van der Waals surface area contributed by atoms with Crippen molar-refractivity contribution < 1.29 is 23.7 Å². The van der Waals surface area contributed by atoms with Crippen LogP contribution in [0.15, 0.2) is 48.5 Å². The molecular formula is C26H26N2O5. The molecule has 0 atom stereocenters. The predicted octanol–water partition coefficient (Wildman–Crippen LogP) is 4.99. The summed E-state index contributed by atoms with van der Waals surface area (Å²) in [6.07, 6.45) is 0. The van der Waals surface area contributed by atoms with Gasteiger partial charge in [-0.25, -0.2) is 0 Å². The maximum absolute atomic E-state index is 13.8. The van der Waals surface area contributed by atoms with Gasteiger partial charge in [0, 0.05) is 22.6 Å². The molecule has 4 rings (SSSR count). The number of rotatable bonds is 7. The summed E-state index contributed by atoms with van der Waals surface area (Å²) in [4.78, 5) is 17.1. The molecule has 0 aliphatic carbocycles. The average Bonchev–Trinajstić information content (AvgIpc) is 3.21. The zero-order valence-electron chi connectivity index (χ0n) is 19.2. The Bertz CT molecular complexity index is 1360. The van der Waals surface area contributed by atoms with Crippen LogP contribution in [0.5, 0.6) is 23.0 Å². The minimum atomic E-state index is -0.182. The van der Waals surface area contributed by atoms with E-state index in [4.69, 9.17) is 24.7 Å². The van der Waals surface area contributed by atoms with E-state index in [1.807, 2.05) is 37.3 Å². The van der Waals surface area contributed by atoms with Crippen LogP contribution in [0, 0.1) is 6.92 Å². The second-order valence-corrected chi connectivity index (χ2v) is 7.60. The minimum absolute atomic E-state index is 0.182. The molecule has 1 aromatic heterocycles. The maximum Gasteiger partial charge on any atom is 0.209 e. The Morgan fingerprint density at radius 2 is 1.61 bits per heavy atom. The minimum Gasteiger partial charge on any atom is -0.497 e. The first kappa shape index (κ1) is 22.1. The number of ketones is 1. The third-order valence-corrected chi connectivity index (χ3v) is 5.68. The highest BCUT2D eigenvalue weighted by atomic mass is 16.5. The standard InChI is InChI=1S/C26H26N2O5/c1-14-10-16(12-22(32-4)26(14)33-5)25(29)24-23(15-6-9-21(31-3)19(27)11-15)18-8-7-17(30-2)13-20(18)28-24/h6-13,28H,27H2,1-5H3. The van der Waals surface area contributed by atoms with Gasteiger partial charge in [0.1, 0.15) is 11.5 Å². The Labute approximate surface area is 192 Å². The fourth-order valence-corrected chi connectivity index (χ4v) is 4.09. The molecule has 0 saturated carbocycles. The molecule has 0 saturated heterocycles. The number of nitrogens with two attached hydrogens (primary N) is 1. The highest BCUT2D eigenvalue weighted by Gasteiger charge is 2.23. The van der Waals surface area contributed by atoms with Gasteiger partial charge in [0.25, 0.3) is 0 Å². The second-order valence-electron chi connectivity index (χ2n) is 7.60. The molecule has 3 N–H and O–H groups in total. The van der Waals surface area contributed by atoms with Gasteiger partial charge in [-0.1, -0.05) is 6.07 Å². The molecule has 1 heterocycles. The van der Waals surface area contributed by atoms with Crippen LogP contribution in [0.1, 0.15) is 21.6 Å². The second kappa shape index (κ2) is 8.78. The van der Waals surface area contributed by atoms with Crippen LogP contribution >= 0.6 is 0 Å². The van der Waals surface area contributed by atoms with E-state index in [0.29, 0.717) is 39.9 Å². The summed E-state index contributed by atoms with van der Waals surface area (Å²) in [5, 5.41) is 0.876. The lowest BCUT2D eigenvalue weighted by atomic mass is 9.96. The predicted molar refractivity (Wildman–Crippen MR) is 129 cm³/mol. The van der Waals surface area contributed by atoms with Gasteiger partial charge < -0.3 is 29.7 Å². The number of anilines is 1. The van der Waals surface area contributed by atoms with Gasteiger partial charge in [-0.2, -0.15) is 0 Å². The summed E-state index contributed by atoms with van der Waals surface area (Å²) >= 11 is 0. The van der Waals surface area contributed by atoms with Gasteiger partial charge in [0.05, 0.1) is 45.3 Å². The van der Waals surface area contributed by atoms with E-state index in [-0.39, 0.29) is 5.78 Å². The zero-order valence-corrected chi connectivity index (χ0v) is 19.2. The SMILES string of the molecule is COc1ccc2c(-c3ccc(OC)c(N)c3)c(C(=O)c3cc(C)c(OC)c(OC)c3)[nH]c2c1. The van der Waals surface area contributed by atoms with Crippen LogP contribution in [0.3, 0.4) is 0 Å². The number of nitrogens with one attached hydrogen (secondary N) is 1. The first-order valence-electron chi connectivity index (χ1n) is 10.3.